The van der Waals surface area contributed by atoms with Gasteiger partial charge in [-0.25, -0.2) is 0 Å². The Morgan fingerprint density at radius 1 is 1.20 bits per heavy atom. The van der Waals surface area contributed by atoms with E-state index < -0.39 is 10.1 Å². The molecule has 0 radical (unpaired) electrons. The molecule has 0 N–H and O–H groups in total. The van der Waals surface area contributed by atoms with Crippen molar-refractivity contribution in [1.29, 1.82) is 5.26 Å². The molecule has 0 atom stereocenters. The van der Waals surface area contributed by atoms with Gasteiger partial charge in [0.25, 0.3) is 0 Å². The van der Waals surface area contributed by atoms with Gasteiger partial charge in [0.05, 0.1) is 10.6 Å². The zero-order valence-corrected chi connectivity index (χ0v) is 13.0. The molecule has 102 valence electrons. The summed E-state index contributed by atoms with van der Waals surface area (Å²) in [4.78, 5) is -0.126. The highest BCUT2D eigenvalue weighted by Crippen LogP contribution is 2.24. The van der Waals surface area contributed by atoms with Crippen molar-refractivity contribution in [2.45, 2.75) is 4.90 Å². The van der Waals surface area contributed by atoms with Crippen molar-refractivity contribution in [3.8, 4) is 11.8 Å². The third-order valence-corrected chi connectivity index (χ3v) is 4.41. The zero-order valence-electron chi connectivity index (χ0n) is 9.88. The second kappa shape index (κ2) is 5.83. The first-order valence-electron chi connectivity index (χ1n) is 5.32. The summed E-state index contributed by atoms with van der Waals surface area (Å²) in [6.07, 6.45) is 0. The summed E-state index contributed by atoms with van der Waals surface area (Å²) in [5, 5.41) is 9.05. The first-order chi connectivity index (χ1) is 9.42. The van der Waals surface area contributed by atoms with Crippen molar-refractivity contribution in [2.75, 3.05) is 0 Å². The van der Waals surface area contributed by atoms with Gasteiger partial charge in [0.1, 0.15) is 16.7 Å². The monoisotopic (exact) mass is 371 g/mol. The fourth-order valence-corrected chi connectivity index (χ4v) is 2.93. The summed E-state index contributed by atoms with van der Waals surface area (Å²) < 4.78 is 29.9. The van der Waals surface area contributed by atoms with Crippen LogP contribution in [-0.2, 0) is 10.1 Å². The second-order valence-electron chi connectivity index (χ2n) is 3.75. The molecule has 0 aromatic heterocycles. The van der Waals surface area contributed by atoms with Gasteiger partial charge < -0.3 is 4.18 Å². The molecule has 0 heterocycles. The topological polar surface area (TPSA) is 67.2 Å². The molecule has 0 aliphatic rings. The number of hydrogen-bond donors (Lipinski definition) is 0. The maximum Gasteiger partial charge on any atom is 0.339 e. The molecule has 2 aromatic rings. The Kier molecular flexibility index (Phi) is 4.33. The minimum atomic E-state index is -4.01. The average molecular weight is 373 g/mol. The normalized spacial score (nSPS) is 10.8. The largest absolute Gasteiger partial charge is 0.379 e. The number of nitrogens with zero attached hydrogens (tertiary/aromatic N) is 1. The molecule has 0 saturated carbocycles. The van der Waals surface area contributed by atoms with Crippen LogP contribution in [-0.4, -0.2) is 8.42 Å². The van der Waals surface area contributed by atoms with E-state index in [4.69, 9.17) is 21.0 Å². The van der Waals surface area contributed by atoms with E-state index in [0.29, 0.717) is 4.47 Å². The smallest absolute Gasteiger partial charge is 0.339 e. The van der Waals surface area contributed by atoms with E-state index >= 15 is 0 Å². The quantitative estimate of drug-likeness (QED) is 0.770. The summed E-state index contributed by atoms with van der Waals surface area (Å²) in [6, 6.07) is 12.1. The van der Waals surface area contributed by atoms with E-state index in [1.54, 1.807) is 12.1 Å². The van der Waals surface area contributed by atoms with Crippen molar-refractivity contribution >= 4 is 37.6 Å². The number of nitriles is 1. The third-order valence-electron chi connectivity index (χ3n) is 2.35. The molecule has 0 bridgehead atoms. The first-order valence-corrected chi connectivity index (χ1v) is 7.90. The molecule has 2 rings (SSSR count). The van der Waals surface area contributed by atoms with Crippen LogP contribution in [0.1, 0.15) is 5.56 Å². The lowest BCUT2D eigenvalue weighted by atomic mass is 10.2. The Bertz CT molecular complexity index is 800. The Balaban J connectivity index is 2.39. The van der Waals surface area contributed by atoms with Gasteiger partial charge in [0.2, 0.25) is 0 Å². The molecule has 20 heavy (non-hydrogen) atoms. The van der Waals surface area contributed by atoms with Crippen molar-refractivity contribution < 1.29 is 12.6 Å². The lowest BCUT2D eigenvalue weighted by Gasteiger charge is -2.07. The Morgan fingerprint density at radius 2 is 1.95 bits per heavy atom. The average Bonchev–Trinajstić information content (AvgIpc) is 2.38. The first kappa shape index (κ1) is 14.9. The van der Waals surface area contributed by atoms with Gasteiger partial charge in [-0.2, -0.15) is 13.7 Å². The van der Waals surface area contributed by atoms with E-state index in [0.717, 1.165) is 0 Å². The molecule has 0 spiro atoms. The second-order valence-corrected chi connectivity index (χ2v) is 6.62. The fraction of sp³-hybridized carbons (Fsp3) is 0. The van der Waals surface area contributed by atoms with E-state index in [1.165, 1.54) is 30.3 Å². The Morgan fingerprint density at radius 3 is 2.60 bits per heavy atom. The van der Waals surface area contributed by atoms with Crippen LogP contribution in [0.15, 0.2) is 51.8 Å². The minimum Gasteiger partial charge on any atom is -0.379 e. The molecule has 7 heteroatoms. The van der Waals surface area contributed by atoms with E-state index in [-0.39, 0.29) is 21.2 Å². The van der Waals surface area contributed by atoms with Crippen molar-refractivity contribution in [3.63, 3.8) is 0 Å². The van der Waals surface area contributed by atoms with Crippen LogP contribution >= 0.6 is 27.5 Å². The molecule has 0 unspecified atom stereocenters. The predicted octanol–water partition coefficient (Wildman–Crippen LogP) is 3.74. The highest BCUT2D eigenvalue weighted by Gasteiger charge is 2.18. The zero-order chi connectivity index (χ0) is 14.8. The number of hydrogen-bond acceptors (Lipinski definition) is 4. The van der Waals surface area contributed by atoms with Gasteiger partial charge in [-0.3, -0.25) is 0 Å². The van der Waals surface area contributed by atoms with Crippen molar-refractivity contribution in [3.05, 3.63) is 57.5 Å². The van der Waals surface area contributed by atoms with Crippen molar-refractivity contribution in [2.24, 2.45) is 0 Å². The minimum absolute atomic E-state index is 0.0746. The fourth-order valence-electron chi connectivity index (χ4n) is 1.44. The lowest BCUT2D eigenvalue weighted by Crippen LogP contribution is -2.10. The van der Waals surface area contributed by atoms with Crippen LogP contribution in [0.25, 0.3) is 0 Å². The summed E-state index contributed by atoms with van der Waals surface area (Å²) >= 11 is 8.99. The molecule has 4 nitrogen and oxygen atoms in total. The maximum atomic E-state index is 12.1. The van der Waals surface area contributed by atoms with Crippen molar-refractivity contribution in [1.82, 2.24) is 0 Å². The third kappa shape index (κ3) is 3.31. The standard InChI is InChI=1S/C13H7BrClNO3S/c14-10-2-1-3-11(7-10)19-20(17,18)12-4-5-13(15)9(6-12)8-16/h1-7H. The van der Waals surface area contributed by atoms with Crippen LogP contribution in [0.3, 0.4) is 0 Å². The molecule has 0 aliphatic carbocycles. The van der Waals surface area contributed by atoms with Crippen LogP contribution in [0.5, 0.6) is 5.75 Å². The van der Waals surface area contributed by atoms with Crippen LogP contribution in [0.2, 0.25) is 5.02 Å². The molecular weight excluding hydrogens is 366 g/mol. The highest BCUT2D eigenvalue weighted by molar-refractivity contribution is 9.10. The van der Waals surface area contributed by atoms with Crippen LogP contribution in [0, 0.1) is 11.3 Å². The summed E-state index contributed by atoms with van der Waals surface area (Å²) in [5.74, 6) is 0.174. The Labute approximate surface area is 129 Å². The molecular formula is C13H7BrClNO3S. The van der Waals surface area contributed by atoms with E-state index in [1.807, 2.05) is 6.07 Å². The number of halogens is 2. The van der Waals surface area contributed by atoms with E-state index in [2.05, 4.69) is 15.9 Å². The van der Waals surface area contributed by atoms with Crippen LogP contribution < -0.4 is 4.18 Å². The van der Waals surface area contributed by atoms with Gasteiger partial charge in [0, 0.05) is 4.47 Å². The molecule has 2 aromatic carbocycles. The highest BCUT2D eigenvalue weighted by atomic mass is 79.9. The predicted molar refractivity (Wildman–Crippen MR) is 78.1 cm³/mol. The van der Waals surface area contributed by atoms with Gasteiger partial charge in [0.15, 0.2) is 0 Å². The number of benzene rings is 2. The van der Waals surface area contributed by atoms with Gasteiger partial charge in [-0.1, -0.05) is 33.6 Å². The van der Waals surface area contributed by atoms with E-state index in [9.17, 15) is 8.42 Å². The summed E-state index contributed by atoms with van der Waals surface area (Å²) in [7, 11) is -4.01. The molecule has 0 amide bonds. The molecule has 0 saturated heterocycles. The molecule has 0 aliphatic heterocycles. The van der Waals surface area contributed by atoms with Gasteiger partial charge >= 0.3 is 10.1 Å². The summed E-state index contributed by atoms with van der Waals surface area (Å²) in [5.41, 5.74) is 0.0746. The number of rotatable bonds is 3. The van der Waals surface area contributed by atoms with Crippen LogP contribution in [0.4, 0.5) is 0 Å². The van der Waals surface area contributed by atoms with Gasteiger partial charge in [-0.05, 0) is 36.4 Å². The summed E-state index contributed by atoms with van der Waals surface area (Å²) in [6.45, 7) is 0. The molecule has 0 fully saturated rings. The Hall–Kier alpha value is -1.55. The lowest BCUT2D eigenvalue weighted by molar-refractivity contribution is 0.486. The maximum absolute atomic E-state index is 12.1. The SMILES string of the molecule is N#Cc1cc(S(=O)(=O)Oc2cccc(Br)c2)ccc1Cl. The van der Waals surface area contributed by atoms with Gasteiger partial charge in [-0.15, -0.1) is 0 Å².